The molecule has 0 saturated carbocycles. The number of phenols is 1. The van der Waals surface area contributed by atoms with Crippen LogP contribution in [-0.2, 0) is 7.05 Å². The van der Waals surface area contributed by atoms with Crippen molar-refractivity contribution < 1.29 is 18.6 Å². The maximum atomic E-state index is 14.8. The van der Waals surface area contributed by atoms with Gasteiger partial charge in [0.15, 0.2) is 6.17 Å². The van der Waals surface area contributed by atoms with Gasteiger partial charge in [-0.1, -0.05) is 6.42 Å². The highest BCUT2D eigenvalue weighted by atomic mass is 19.1. The maximum Gasteiger partial charge on any atom is 0.250 e. The largest absolute Gasteiger partial charge is 0.507 e. The Morgan fingerprint density at radius 1 is 1.15 bits per heavy atom. The van der Waals surface area contributed by atoms with Gasteiger partial charge in [-0.2, -0.15) is 0 Å². The third kappa shape index (κ3) is 4.20. The molecule has 1 aromatic carbocycles. The van der Waals surface area contributed by atoms with E-state index in [-0.39, 0.29) is 46.1 Å². The van der Waals surface area contributed by atoms with Crippen LogP contribution in [0.4, 0.5) is 8.78 Å². The number of hydrogen-bond donors (Lipinski definition) is 2. The fourth-order valence-corrected chi connectivity index (χ4v) is 4.66. The van der Waals surface area contributed by atoms with Crippen LogP contribution in [0.3, 0.4) is 0 Å². The second-order valence-electron chi connectivity index (χ2n) is 8.71. The predicted octanol–water partition coefficient (Wildman–Crippen LogP) is 3.35. The minimum absolute atomic E-state index is 0.104. The molecular formula is C24H24F2N4O3. The highest BCUT2D eigenvalue weighted by molar-refractivity contribution is 5.74. The second-order valence-corrected chi connectivity index (χ2v) is 8.71. The first-order chi connectivity index (χ1) is 15.9. The van der Waals surface area contributed by atoms with Crippen molar-refractivity contribution in [3.63, 3.8) is 0 Å². The Labute approximate surface area is 189 Å². The molecule has 2 saturated heterocycles. The summed E-state index contributed by atoms with van der Waals surface area (Å²) in [5.41, 5.74) is 0.573. The third-order valence-corrected chi connectivity index (χ3v) is 6.46. The number of nitrogens with one attached hydrogen (secondary N) is 1. The van der Waals surface area contributed by atoms with Crippen LogP contribution in [0.25, 0.3) is 22.4 Å². The number of pyridine rings is 1. The number of alkyl halides is 1. The van der Waals surface area contributed by atoms with Crippen LogP contribution in [0.1, 0.15) is 25.7 Å². The molecule has 0 unspecified atom stereocenters. The van der Waals surface area contributed by atoms with Crippen molar-refractivity contribution >= 4 is 0 Å². The topological polar surface area (TPSA) is 89.3 Å². The van der Waals surface area contributed by atoms with Gasteiger partial charge in [0.05, 0.1) is 5.69 Å². The first-order valence-corrected chi connectivity index (χ1v) is 11.0. The van der Waals surface area contributed by atoms with E-state index in [4.69, 9.17) is 4.74 Å². The molecule has 0 amide bonds. The average molecular weight is 454 g/mol. The number of piperidine rings is 2. The molecule has 7 nitrogen and oxygen atoms in total. The van der Waals surface area contributed by atoms with Gasteiger partial charge >= 0.3 is 0 Å². The summed E-state index contributed by atoms with van der Waals surface area (Å²) in [6.45, 7) is 0. The smallest absolute Gasteiger partial charge is 0.250 e. The average Bonchev–Trinajstić information content (AvgIpc) is 2.81. The van der Waals surface area contributed by atoms with Crippen LogP contribution in [0.2, 0.25) is 0 Å². The number of hydrogen-bond acceptors (Lipinski definition) is 6. The van der Waals surface area contributed by atoms with Gasteiger partial charge < -0.3 is 19.7 Å². The Morgan fingerprint density at radius 2 is 2.00 bits per heavy atom. The monoisotopic (exact) mass is 454 g/mol. The van der Waals surface area contributed by atoms with Crippen molar-refractivity contribution in [3.05, 3.63) is 58.8 Å². The lowest BCUT2D eigenvalue weighted by molar-refractivity contribution is 0.00652. The Kier molecular flexibility index (Phi) is 5.57. The summed E-state index contributed by atoms with van der Waals surface area (Å²) in [5.74, 6) is -0.632. The minimum Gasteiger partial charge on any atom is -0.507 e. The number of fused-ring (bicyclic) bond motifs is 2. The van der Waals surface area contributed by atoms with Crippen molar-refractivity contribution in [1.29, 1.82) is 0 Å². The van der Waals surface area contributed by atoms with Gasteiger partial charge in [0, 0.05) is 55.0 Å². The van der Waals surface area contributed by atoms with E-state index in [2.05, 4.69) is 15.5 Å². The fraction of sp³-hybridized carbons (Fsp3) is 0.375. The summed E-state index contributed by atoms with van der Waals surface area (Å²) in [6, 6.07) is 8.44. The lowest BCUT2D eigenvalue weighted by Crippen LogP contribution is -2.59. The number of aryl methyl sites for hydroxylation is 1. The third-order valence-electron chi connectivity index (χ3n) is 6.46. The van der Waals surface area contributed by atoms with Gasteiger partial charge in [-0.15, -0.1) is 10.2 Å². The maximum absolute atomic E-state index is 14.8. The second kappa shape index (κ2) is 8.55. The van der Waals surface area contributed by atoms with E-state index in [9.17, 15) is 18.7 Å². The van der Waals surface area contributed by atoms with Crippen LogP contribution in [0.15, 0.2) is 47.4 Å². The Balaban J connectivity index is 1.36. The highest BCUT2D eigenvalue weighted by Crippen LogP contribution is 2.35. The van der Waals surface area contributed by atoms with E-state index in [1.165, 1.54) is 22.9 Å². The molecular weight excluding hydrogens is 430 g/mol. The molecule has 2 bridgehead atoms. The van der Waals surface area contributed by atoms with Crippen LogP contribution >= 0.6 is 0 Å². The zero-order chi connectivity index (χ0) is 23.1. The molecule has 2 aromatic heterocycles. The Morgan fingerprint density at radius 3 is 2.76 bits per heavy atom. The molecule has 0 spiro atoms. The minimum atomic E-state index is -1.12. The normalized spacial score (nSPS) is 24.5. The lowest BCUT2D eigenvalue weighted by Gasteiger charge is -2.42. The van der Waals surface area contributed by atoms with E-state index in [0.29, 0.717) is 12.0 Å². The van der Waals surface area contributed by atoms with Gasteiger partial charge in [-0.25, -0.2) is 8.78 Å². The van der Waals surface area contributed by atoms with Crippen molar-refractivity contribution in [2.24, 2.45) is 7.05 Å². The number of halogens is 2. The van der Waals surface area contributed by atoms with E-state index in [0.717, 1.165) is 25.3 Å². The Bertz CT molecular complexity index is 1230. The molecule has 3 aromatic rings. The number of aromatic hydroxyl groups is 1. The SMILES string of the molecule is Cn1ccc(-c2cc(O)c(-c3ccc(O[C@@H]4C[C@H]5CCC[C@H](N5)[C@@H]4F)nn3)cc2F)cc1=O. The molecule has 9 heteroatoms. The van der Waals surface area contributed by atoms with Gasteiger partial charge in [-0.3, -0.25) is 4.79 Å². The molecule has 2 aliphatic rings. The fourth-order valence-electron chi connectivity index (χ4n) is 4.66. The summed E-state index contributed by atoms with van der Waals surface area (Å²) in [4.78, 5) is 11.9. The summed E-state index contributed by atoms with van der Waals surface area (Å²) >= 11 is 0. The van der Waals surface area contributed by atoms with Crippen molar-refractivity contribution in [2.45, 2.75) is 50.0 Å². The standard InChI is InChI=1S/C24H24F2N4O3/c1-30-8-7-13(9-23(30)32)15-12-20(31)16(11-17(15)25)18-5-6-22(29-28-18)33-21-10-14-3-2-4-19(27-14)24(21)26/h5-9,11-12,14,19,21,24,27,31H,2-4,10H2,1H3/t14-,19+,21-,24+/m1/s1. The summed E-state index contributed by atoms with van der Waals surface area (Å²) in [7, 11) is 1.60. The molecule has 0 aliphatic carbocycles. The molecule has 33 heavy (non-hydrogen) atoms. The van der Waals surface area contributed by atoms with Crippen molar-refractivity contribution in [2.75, 3.05) is 0 Å². The summed E-state index contributed by atoms with van der Waals surface area (Å²) in [6.07, 6.45) is 3.20. The zero-order valence-electron chi connectivity index (χ0n) is 18.0. The highest BCUT2D eigenvalue weighted by Gasteiger charge is 2.41. The van der Waals surface area contributed by atoms with Crippen molar-refractivity contribution in [1.82, 2.24) is 20.1 Å². The van der Waals surface area contributed by atoms with E-state index >= 15 is 0 Å². The molecule has 5 rings (SSSR count). The molecule has 0 radical (unpaired) electrons. The summed E-state index contributed by atoms with van der Waals surface area (Å²) in [5, 5.41) is 21.9. The first kappa shape index (κ1) is 21.5. The first-order valence-electron chi connectivity index (χ1n) is 11.0. The summed E-state index contributed by atoms with van der Waals surface area (Å²) < 4.78 is 36.7. The number of rotatable bonds is 4. The van der Waals surface area contributed by atoms with Crippen LogP contribution in [0, 0.1) is 5.82 Å². The van der Waals surface area contributed by atoms with Gasteiger partial charge in [0.1, 0.15) is 17.7 Å². The van der Waals surface area contributed by atoms with Gasteiger partial charge in [0.25, 0.3) is 5.56 Å². The number of aromatic nitrogens is 3. The lowest BCUT2D eigenvalue weighted by atomic mass is 9.84. The number of phenolic OH excluding ortho intramolecular Hbond substituents is 1. The van der Waals surface area contributed by atoms with Crippen LogP contribution in [-0.4, -0.2) is 44.2 Å². The predicted molar refractivity (Wildman–Crippen MR) is 118 cm³/mol. The quantitative estimate of drug-likeness (QED) is 0.629. The van der Waals surface area contributed by atoms with E-state index in [1.807, 2.05) is 0 Å². The molecule has 4 heterocycles. The Hall–Kier alpha value is -3.33. The molecule has 2 N–H and O–H groups in total. The van der Waals surface area contributed by atoms with Gasteiger partial charge in [-0.05, 0) is 42.7 Å². The molecule has 2 fully saturated rings. The number of ether oxygens (including phenoxy) is 1. The molecule has 4 atom stereocenters. The van der Waals surface area contributed by atoms with Crippen LogP contribution in [0.5, 0.6) is 11.6 Å². The molecule has 2 aliphatic heterocycles. The van der Waals surface area contributed by atoms with Crippen LogP contribution < -0.4 is 15.6 Å². The zero-order valence-corrected chi connectivity index (χ0v) is 18.0. The van der Waals surface area contributed by atoms with E-state index < -0.39 is 18.1 Å². The van der Waals surface area contributed by atoms with E-state index in [1.54, 1.807) is 25.2 Å². The van der Waals surface area contributed by atoms with Crippen molar-refractivity contribution in [3.8, 4) is 34.0 Å². The van der Waals surface area contributed by atoms with Gasteiger partial charge in [0.2, 0.25) is 5.88 Å². The number of benzene rings is 1. The number of nitrogens with zero attached hydrogens (tertiary/aromatic N) is 3. The molecule has 172 valence electrons.